The summed E-state index contributed by atoms with van der Waals surface area (Å²) in [4.78, 5) is 2.34. The van der Waals surface area contributed by atoms with Crippen LogP contribution in [0.1, 0.15) is 31.9 Å². The molecule has 92 valence electrons. The summed E-state index contributed by atoms with van der Waals surface area (Å²) < 4.78 is 5.78. The van der Waals surface area contributed by atoms with E-state index in [-0.39, 0.29) is 0 Å². The molecular weight excluding hydrogens is 210 g/mol. The van der Waals surface area contributed by atoms with E-state index in [0.717, 1.165) is 18.7 Å². The van der Waals surface area contributed by atoms with Crippen LogP contribution in [0, 0.1) is 5.92 Å². The van der Waals surface area contributed by atoms with Crippen LogP contribution in [0.3, 0.4) is 0 Å². The minimum atomic E-state index is 0.456. The molecular formula is C15H21NO. The van der Waals surface area contributed by atoms with E-state index in [9.17, 15) is 0 Å². The van der Waals surface area contributed by atoms with E-state index >= 15 is 0 Å². The molecule has 0 saturated carbocycles. The van der Waals surface area contributed by atoms with Gasteiger partial charge in [-0.2, -0.15) is 0 Å². The summed E-state index contributed by atoms with van der Waals surface area (Å²) in [5.41, 5.74) is 1.31. The predicted molar refractivity (Wildman–Crippen MR) is 71.0 cm³/mol. The molecule has 1 aliphatic heterocycles. The van der Waals surface area contributed by atoms with Crippen LogP contribution in [0.25, 0.3) is 0 Å². The molecule has 0 amide bonds. The molecule has 2 heteroatoms. The van der Waals surface area contributed by atoms with Crippen molar-refractivity contribution in [1.82, 2.24) is 4.90 Å². The fourth-order valence-corrected chi connectivity index (χ4v) is 2.39. The number of nitrogens with zero attached hydrogens (tertiary/aromatic N) is 1. The molecule has 0 spiro atoms. The van der Waals surface area contributed by atoms with Crippen molar-refractivity contribution in [3.63, 3.8) is 0 Å². The molecule has 2 nitrogen and oxygen atoms in total. The van der Waals surface area contributed by atoms with E-state index in [1.54, 1.807) is 0 Å². The number of ether oxygens (including phenoxy) is 1. The maximum absolute atomic E-state index is 5.78. The van der Waals surface area contributed by atoms with Crippen molar-refractivity contribution >= 4 is 0 Å². The first kappa shape index (κ1) is 12.2. The Morgan fingerprint density at radius 3 is 2.94 bits per heavy atom. The van der Waals surface area contributed by atoms with E-state index in [4.69, 9.17) is 4.74 Å². The van der Waals surface area contributed by atoms with E-state index in [1.165, 1.54) is 5.56 Å². The number of hydrogen-bond acceptors (Lipinski definition) is 2. The lowest BCUT2D eigenvalue weighted by Crippen LogP contribution is -2.37. The normalized spacial score (nSPS) is 19.8. The largest absolute Gasteiger partial charge is 0.478 e. The molecule has 0 saturated heterocycles. The van der Waals surface area contributed by atoms with Crippen molar-refractivity contribution in [2.45, 2.75) is 26.3 Å². The van der Waals surface area contributed by atoms with Gasteiger partial charge in [-0.15, -0.1) is 6.58 Å². The van der Waals surface area contributed by atoms with Gasteiger partial charge in [-0.3, -0.25) is 4.90 Å². The summed E-state index contributed by atoms with van der Waals surface area (Å²) in [5, 5.41) is 0. The Balaban J connectivity index is 2.28. The molecule has 1 atom stereocenters. The molecule has 2 rings (SSSR count). The first-order chi connectivity index (χ1) is 8.22. The molecule has 0 N–H and O–H groups in total. The fourth-order valence-electron chi connectivity index (χ4n) is 2.39. The number of hydrogen-bond donors (Lipinski definition) is 0. The van der Waals surface area contributed by atoms with Gasteiger partial charge >= 0.3 is 0 Å². The third kappa shape index (κ3) is 2.70. The average molecular weight is 231 g/mol. The van der Waals surface area contributed by atoms with Gasteiger partial charge in [0.05, 0.1) is 0 Å². The van der Waals surface area contributed by atoms with Crippen LogP contribution < -0.4 is 4.74 Å². The lowest BCUT2D eigenvalue weighted by molar-refractivity contribution is 0.0588. The molecule has 1 aromatic rings. The van der Waals surface area contributed by atoms with Crippen LogP contribution in [-0.2, 0) is 0 Å². The summed E-state index contributed by atoms with van der Waals surface area (Å²) in [5.74, 6) is 1.72. The van der Waals surface area contributed by atoms with Crippen molar-refractivity contribution in [2.75, 3.05) is 13.3 Å². The average Bonchev–Trinajstić information content (AvgIpc) is 2.32. The Bertz CT molecular complexity index is 386. The molecule has 1 heterocycles. The second-order valence-electron chi connectivity index (χ2n) is 5.02. The summed E-state index contributed by atoms with van der Waals surface area (Å²) in [6, 6.07) is 8.82. The molecule has 0 aromatic heterocycles. The Hall–Kier alpha value is -1.28. The van der Waals surface area contributed by atoms with Gasteiger partial charge in [0.15, 0.2) is 0 Å². The summed E-state index contributed by atoms with van der Waals surface area (Å²) in [7, 11) is 0. The van der Waals surface area contributed by atoms with Crippen LogP contribution in [0.2, 0.25) is 0 Å². The first-order valence-electron chi connectivity index (χ1n) is 6.29. The number of rotatable bonds is 4. The minimum absolute atomic E-state index is 0.456. The van der Waals surface area contributed by atoms with E-state index < -0.39 is 0 Å². The monoisotopic (exact) mass is 231 g/mol. The maximum Gasteiger partial charge on any atom is 0.142 e. The van der Waals surface area contributed by atoms with Gasteiger partial charge in [0.1, 0.15) is 12.5 Å². The maximum atomic E-state index is 5.78. The van der Waals surface area contributed by atoms with Gasteiger partial charge in [-0.25, -0.2) is 0 Å². The highest BCUT2D eigenvalue weighted by atomic mass is 16.5. The van der Waals surface area contributed by atoms with E-state index in [1.807, 2.05) is 12.1 Å². The van der Waals surface area contributed by atoms with Crippen molar-refractivity contribution in [3.8, 4) is 5.75 Å². The molecule has 0 aliphatic carbocycles. The summed E-state index contributed by atoms with van der Waals surface area (Å²) >= 11 is 0. The minimum Gasteiger partial charge on any atom is -0.478 e. The van der Waals surface area contributed by atoms with Crippen LogP contribution in [0.4, 0.5) is 0 Å². The topological polar surface area (TPSA) is 12.5 Å². The van der Waals surface area contributed by atoms with Gasteiger partial charge in [-0.05, 0) is 18.4 Å². The van der Waals surface area contributed by atoms with Gasteiger partial charge in [-0.1, -0.05) is 38.1 Å². The molecule has 0 fully saturated rings. The van der Waals surface area contributed by atoms with E-state index in [2.05, 4.69) is 43.5 Å². The molecule has 1 unspecified atom stereocenters. The quantitative estimate of drug-likeness (QED) is 0.734. The van der Waals surface area contributed by atoms with Crippen molar-refractivity contribution < 1.29 is 4.74 Å². The lowest BCUT2D eigenvalue weighted by Gasteiger charge is -2.37. The zero-order valence-electron chi connectivity index (χ0n) is 10.7. The number of para-hydroxylation sites is 1. The second-order valence-corrected chi connectivity index (χ2v) is 5.02. The summed E-state index contributed by atoms with van der Waals surface area (Å²) in [6.45, 7) is 9.91. The second kappa shape index (κ2) is 5.37. The van der Waals surface area contributed by atoms with Crippen LogP contribution in [-0.4, -0.2) is 18.2 Å². The van der Waals surface area contributed by atoms with Gasteiger partial charge in [0.25, 0.3) is 0 Å². The highest BCUT2D eigenvalue weighted by Gasteiger charge is 2.27. The van der Waals surface area contributed by atoms with Crippen LogP contribution in [0.5, 0.6) is 5.75 Å². The molecule has 0 bridgehead atoms. The van der Waals surface area contributed by atoms with Crippen LogP contribution in [0.15, 0.2) is 36.9 Å². The zero-order chi connectivity index (χ0) is 12.3. The van der Waals surface area contributed by atoms with Crippen molar-refractivity contribution in [1.29, 1.82) is 0 Å². The predicted octanol–water partition coefficient (Wildman–Crippen LogP) is 3.61. The molecule has 1 aliphatic rings. The fraction of sp³-hybridized carbons (Fsp3) is 0.467. The Morgan fingerprint density at radius 2 is 2.24 bits per heavy atom. The van der Waals surface area contributed by atoms with Crippen molar-refractivity contribution in [2.24, 2.45) is 5.92 Å². The highest BCUT2D eigenvalue weighted by molar-refractivity contribution is 5.37. The van der Waals surface area contributed by atoms with E-state index in [0.29, 0.717) is 18.7 Å². The van der Waals surface area contributed by atoms with Crippen molar-refractivity contribution in [3.05, 3.63) is 42.5 Å². The van der Waals surface area contributed by atoms with Crippen LogP contribution >= 0.6 is 0 Å². The number of fused-ring (bicyclic) bond motifs is 1. The van der Waals surface area contributed by atoms with Gasteiger partial charge < -0.3 is 4.74 Å². The molecule has 1 aromatic carbocycles. The zero-order valence-corrected chi connectivity index (χ0v) is 10.7. The smallest absolute Gasteiger partial charge is 0.142 e. The Labute approximate surface area is 104 Å². The lowest BCUT2D eigenvalue weighted by atomic mass is 9.94. The van der Waals surface area contributed by atoms with Gasteiger partial charge in [0.2, 0.25) is 0 Å². The Kier molecular flexibility index (Phi) is 3.85. The highest BCUT2D eigenvalue weighted by Crippen LogP contribution is 2.37. The SMILES string of the molecule is C=CCN1COc2ccccc2C1CC(C)C. The third-order valence-electron chi connectivity index (χ3n) is 3.16. The third-order valence-corrected chi connectivity index (χ3v) is 3.16. The number of benzene rings is 1. The standard InChI is InChI=1S/C15H21NO/c1-4-9-16-11-17-15-8-6-5-7-13(15)14(16)10-12(2)3/h4-8,12,14H,1,9-11H2,2-3H3. The summed E-state index contributed by atoms with van der Waals surface area (Å²) in [6.07, 6.45) is 3.11. The molecule has 0 radical (unpaired) electrons. The first-order valence-corrected chi connectivity index (χ1v) is 6.29. The van der Waals surface area contributed by atoms with Gasteiger partial charge in [0, 0.05) is 18.2 Å². The Morgan fingerprint density at radius 1 is 1.47 bits per heavy atom. The molecule has 17 heavy (non-hydrogen) atoms.